The molecule has 0 unspecified atom stereocenters. The highest BCUT2D eigenvalue weighted by Gasteiger charge is 2.37. The fraction of sp³-hybridized carbons (Fsp3) is 0.333. The maximum atomic E-state index is 11.1. The van der Waals surface area contributed by atoms with E-state index in [9.17, 15) is 18.5 Å². The molecule has 0 aromatic heterocycles. The zero-order chi connectivity index (χ0) is 16.5. The second-order valence-corrected chi connectivity index (χ2v) is 6.11. The second-order valence-electron chi connectivity index (χ2n) is 4.89. The number of hydrogen-bond acceptors (Lipinski definition) is 7. The van der Waals surface area contributed by atoms with Gasteiger partial charge in [-0.3, -0.25) is 10.1 Å². The number of hydrogen-bond donors (Lipinski definition) is 1. The fourth-order valence-corrected chi connectivity index (χ4v) is 2.20. The number of nitrogens with zero attached hydrogens (tertiary/aromatic N) is 1. The molecule has 0 saturated heterocycles. The van der Waals surface area contributed by atoms with Gasteiger partial charge in [0, 0.05) is 19.9 Å². The Hall–Kier alpha value is -2.17. The number of para-hydroxylation sites is 1. The Labute approximate surface area is 126 Å². The summed E-state index contributed by atoms with van der Waals surface area (Å²) in [5, 5.41) is 15.9. The van der Waals surface area contributed by atoms with Crippen molar-refractivity contribution >= 4 is 21.8 Å². The van der Waals surface area contributed by atoms with Gasteiger partial charge in [0.1, 0.15) is 6.61 Å². The van der Waals surface area contributed by atoms with Crippen LogP contribution in [-0.4, -0.2) is 25.7 Å². The lowest BCUT2D eigenvalue weighted by Crippen LogP contribution is -2.22. The van der Waals surface area contributed by atoms with Gasteiger partial charge in [0.15, 0.2) is 11.5 Å². The van der Waals surface area contributed by atoms with Gasteiger partial charge in [-0.2, -0.15) is 8.42 Å². The molecule has 0 amide bonds. The Balaban J connectivity index is 2.46. The van der Waals surface area contributed by atoms with Crippen molar-refractivity contribution in [3.05, 3.63) is 45.7 Å². The third kappa shape index (κ3) is 3.72. The molecule has 2 rings (SSSR count). The topological polar surface area (TPSA) is 131 Å². The fourth-order valence-electron chi connectivity index (χ4n) is 1.93. The summed E-state index contributed by atoms with van der Waals surface area (Å²) in [6.07, 6.45) is 0. The molecule has 1 heterocycles. The first kappa shape index (κ1) is 16.2. The molecule has 0 atom stereocenters. The van der Waals surface area contributed by atoms with Crippen molar-refractivity contribution in [3.63, 3.8) is 0 Å². The van der Waals surface area contributed by atoms with Gasteiger partial charge in [0.05, 0.1) is 10.5 Å². The molecule has 0 aliphatic carbocycles. The largest absolute Gasteiger partial charge is 0.451 e. The third-order valence-corrected chi connectivity index (χ3v) is 3.12. The standard InChI is InChI=1S/C12H14N2O7S/c1-12(2)20-10(7-19-22(13,17)18)11(21-12)8-5-3-4-6-9(8)14(15)16/h3-6H,7H2,1-2H3,(H2,13,17,18). The van der Waals surface area contributed by atoms with E-state index in [4.69, 9.17) is 14.6 Å². The van der Waals surface area contributed by atoms with Crippen LogP contribution >= 0.6 is 0 Å². The summed E-state index contributed by atoms with van der Waals surface area (Å²) >= 11 is 0. The summed E-state index contributed by atoms with van der Waals surface area (Å²) in [6, 6.07) is 5.86. The summed E-state index contributed by atoms with van der Waals surface area (Å²) < 4.78 is 37.2. The maximum Gasteiger partial charge on any atom is 0.333 e. The quantitative estimate of drug-likeness (QED) is 0.635. The molecule has 0 fully saturated rings. The Morgan fingerprint density at radius 3 is 2.55 bits per heavy atom. The molecule has 1 aliphatic heterocycles. The van der Waals surface area contributed by atoms with E-state index in [-0.39, 0.29) is 22.8 Å². The molecule has 1 aromatic carbocycles. The van der Waals surface area contributed by atoms with E-state index < -0.39 is 27.6 Å². The molecule has 0 bridgehead atoms. The first-order valence-electron chi connectivity index (χ1n) is 6.11. The minimum atomic E-state index is -4.18. The van der Waals surface area contributed by atoms with E-state index in [1.165, 1.54) is 18.2 Å². The van der Waals surface area contributed by atoms with E-state index in [1.54, 1.807) is 19.9 Å². The predicted octanol–water partition coefficient (Wildman–Crippen LogP) is 1.27. The number of rotatable bonds is 5. The monoisotopic (exact) mass is 330 g/mol. The molecule has 1 aliphatic rings. The van der Waals surface area contributed by atoms with Crippen LogP contribution in [-0.2, 0) is 24.0 Å². The van der Waals surface area contributed by atoms with Gasteiger partial charge in [-0.1, -0.05) is 12.1 Å². The highest BCUT2D eigenvalue weighted by Crippen LogP contribution is 2.39. The van der Waals surface area contributed by atoms with Gasteiger partial charge < -0.3 is 9.47 Å². The van der Waals surface area contributed by atoms with Crippen molar-refractivity contribution in [1.82, 2.24) is 0 Å². The van der Waals surface area contributed by atoms with E-state index in [2.05, 4.69) is 4.18 Å². The molecule has 22 heavy (non-hydrogen) atoms. The molecule has 0 saturated carbocycles. The molecule has 1 aromatic rings. The Morgan fingerprint density at radius 1 is 1.32 bits per heavy atom. The van der Waals surface area contributed by atoms with Crippen LogP contribution in [0.25, 0.3) is 5.76 Å². The third-order valence-electron chi connectivity index (χ3n) is 2.67. The molecule has 0 spiro atoms. The van der Waals surface area contributed by atoms with Gasteiger partial charge in [0.2, 0.25) is 5.79 Å². The summed E-state index contributed by atoms with van der Waals surface area (Å²) in [5.41, 5.74) is -0.0435. The number of benzene rings is 1. The predicted molar refractivity (Wildman–Crippen MR) is 75.3 cm³/mol. The van der Waals surface area contributed by atoms with Crippen molar-refractivity contribution < 1.29 is 27.0 Å². The van der Waals surface area contributed by atoms with Gasteiger partial charge in [0.25, 0.3) is 5.69 Å². The second kappa shape index (κ2) is 5.55. The van der Waals surface area contributed by atoms with Crippen LogP contribution in [0.1, 0.15) is 19.4 Å². The van der Waals surface area contributed by atoms with Crippen LogP contribution in [0.15, 0.2) is 30.0 Å². The first-order chi connectivity index (χ1) is 10.1. The van der Waals surface area contributed by atoms with Crippen LogP contribution in [0, 0.1) is 10.1 Å². The Morgan fingerprint density at radius 2 is 1.95 bits per heavy atom. The van der Waals surface area contributed by atoms with Gasteiger partial charge >= 0.3 is 10.3 Å². The molecule has 2 N–H and O–H groups in total. The van der Waals surface area contributed by atoms with E-state index >= 15 is 0 Å². The van der Waals surface area contributed by atoms with E-state index in [0.717, 1.165) is 0 Å². The summed E-state index contributed by atoms with van der Waals surface area (Å²) in [6.45, 7) is 2.63. The molecule has 120 valence electrons. The van der Waals surface area contributed by atoms with Crippen molar-refractivity contribution in [1.29, 1.82) is 0 Å². The minimum absolute atomic E-state index is 0.00771. The van der Waals surface area contributed by atoms with Crippen LogP contribution in [0.5, 0.6) is 0 Å². The SMILES string of the molecule is CC1(C)OC(COS(N)(=O)=O)=C(c2ccccc2[N+](=O)[O-])O1. The Bertz CT molecular complexity index is 740. The zero-order valence-corrected chi connectivity index (χ0v) is 12.6. The lowest BCUT2D eigenvalue weighted by molar-refractivity contribution is -0.385. The van der Waals surface area contributed by atoms with Crippen LogP contribution in [0.4, 0.5) is 5.69 Å². The number of nitro groups is 1. The van der Waals surface area contributed by atoms with Crippen LogP contribution < -0.4 is 5.14 Å². The number of nitro benzene ring substituents is 1. The van der Waals surface area contributed by atoms with Gasteiger partial charge in [-0.25, -0.2) is 9.32 Å². The normalized spacial score (nSPS) is 17.0. The Kier molecular flexibility index (Phi) is 4.09. The number of nitrogens with two attached hydrogens (primary N) is 1. The maximum absolute atomic E-state index is 11.1. The lowest BCUT2D eigenvalue weighted by Gasteiger charge is -2.18. The van der Waals surface area contributed by atoms with Gasteiger partial charge in [-0.15, -0.1) is 0 Å². The number of ether oxygens (including phenoxy) is 2. The van der Waals surface area contributed by atoms with Crippen molar-refractivity contribution in [3.8, 4) is 0 Å². The summed E-state index contributed by atoms with van der Waals surface area (Å²) in [5.74, 6) is -1.06. The average molecular weight is 330 g/mol. The summed E-state index contributed by atoms with van der Waals surface area (Å²) in [7, 11) is -4.18. The van der Waals surface area contributed by atoms with E-state index in [0.29, 0.717) is 0 Å². The molecular weight excluding hydrogens is 316 g/mol. The molecule has 0 radical (unpaired) electrons. The molecule has 9 nitrogen and oxygen atoms in total. The zero-order valence-electron chi connectivity index (χ0n) is 11.8. The highest BCUT2D eigenvalue weighted by molar-refractivity contribution is 7.84. The minimum Gasteiger partial charge on any atom is -0.451 e. The first-order valence-corrected chi connectivity index (χ1v) is 7.58. The van der Waals surface area contributed by atoms with Gasteiger partial charge in [-0.05, 0) is 6.07 Å². The molecule has 10 heteroatoms. The van der Waals surface area contributed by atoms with Crippen molar-refractivity contribution in [2.24, 2.45) is 5.14 Å². The summed E-state index contributed by atoms with van der Waals surface area (Å²) in [4.78, 5) is 10.5. The van der Waals surface area contributed by atoms with E-state index in [1.807, 2.05) is 0 Å². The van der Waals surface area contributed by atoms with Crippen LogP contribution in [0.3, 0.4) is 0 Å². The smallest absolute Gasteiger partial charge is 0.333 e. The average Bonchev–Trinajstić information content (AvgIpc) is 2.71. The highest BCUT2D eigenvalue weighted by atomic mass is 32.2. The lowest BCUT2D eigenvalue weighted by atomic mass is 10.1. The van der Waals surface area contributed by atoms with Crippen LogP contribution in [0.2, 0.25) is 0 Å². The van der Waals surface area contributed by atoms with Crippen molar-refractivity contribution in [2.45, 2.75) is 19.6 Å². The van der Waals surface area contributed by atoms with Crippen molar-refractivity contribution in [2.75, 3.05) is 6.61 Å². The molecular formula is C12H14N2O7S.